The van der Waals surface area contributed by atoms with Gasteiger partial charge in [-0.1, -0.05) is 12.1 Å². The van der Waals surface area contributed by atoms with Crippen LogP contribution in [-0.2, 0) is 11.3 Å². The third kappa shape index (κ3) is 4.11. The molecule has 0 amide bonds. The number of carbonyl (C=O) groups excluding carboxylic acids is 1. The zero-order chi connectivity index (χ0) is 19.4. The van der Waals surface area contributed by atoms with Gasteiger partial charge in [0.15, 0.2) is 11.5 Å². The van der Waals surface area contributed by atoms with Crippen LogP contribution >= 0.6 is 11.3 Å². The van der Waals surface area contributed by atoms with Crippen LogP contribution in [0.3, 0.4) is 0 Å². The van der Waals surface area contributed by atoms with E-state index in [1.807, 2.05) is 49.6 Å². The van der Waals surface area contributed by atoms with Crippen molar-refractivity contribution in [1.82, 2.24) is 4.98 Å². The van der Waals surface area contributed by atoms with E-state index < -0.39 is 0 Å². The maximum Gasteiger partial charge on any atom is 0.338 e. The molecule has 3 aromatic rings. The van der Waals surface area contributed by atoms with Crippen molar-refractivity contribution >= 4 is 17.3 Å². The highest BCUT2D eigenvalue weighted by Crippen LogP contribution is 2.33. The first-order chi connectivity index (χ1) is 13.0. The molecule has 3 rings (SSSR count). The predicted octanol–water partition coefficient (Wildman–Crippen LogP) is 4.80. The minimum absolute atomic E-state index is 0.135. The Kier molecular flexibility index (Phi) is 5.76. The summed E-state index contributed by atoms with van der Waals surface area (Å²) in [5, 5.41) is 2.72. The highest BCUT2D eigenvalue weighted by Gasteiger charge is 2.14. The van der Waals surface area contributed by atoms with Crippen molar-refractivity contribution in [2.75, 3.05) is 14.2 Å². The Morgan fingerprint density at radius 2 is 1.85 bits per heavy atom. The molecular formula is C21H21NO4S. The molecule has 6 heteroatoms. The number of thiazole rings is 1. The first-order valence-corrected chi connectivity index (χ1v) is 9.31. The summed E-state index contributed by atoms with van der Waals surface area (Å²) in [6.07, 6.45) is 0. The lowest BCUT2D eigenvalue weighted by Crippen LogP contribution is -2.08. The molecule has 5 nitrogen and oxygen atoms in total. The van der Waals surface area contributed by atoms with E-state index in [0.717, 1.165) is 21.7 Å². The number of esters is 1. The van der Waals surface area contributed by atoms with Crippen LogP contribution in [0.25, 0.3) is 10.6 Å². The maximum absolute atomic E-state index is 12.3. The van der Waals surface area contributed by atoms with Crippen molar-refractivity contribution in [2.24, 2.45) is 0 Å². The van der Waals surface area contributed by atoms with Gasteiger partial charge in [-0.25, -0.2) is 9.78 Å². The summed E-state index contributed by atoms with van der Waals surface area (Å²) in [4.78, 5) is 16.9. The molecular weight excluding hydrogens is 362 g/mol. The van der Waals surface area contributed by atoms with Crippen molar-refractivity contribution in [1.29, 1.82) is 0 Å². The summed E-state index contributed by atoms with van der Waals surface area (Å²) >= 11 is 1.49. The van der Waals surface area contributed by atoms with E-state index in [-0.39, 0.29) is 12.6 Å². The number of ether oxygens (including phenoxy) is 3. The van der Waals surface area contributed by atoms with E-state index in [9.17, 15) is 4.79 Å². The van der Waals surface area contributed by atoms with Gasteiger partial charge in [0.1, 0.15) is 11.6 Å². The second kappa shape index (κ2) is 8.22. The van der Waals surface area contributed by atoms with Crippen LogP contribution in [0, 0.1) is 13.8 Å². The van der Waals surface area contributed by atoms with Gasteiger partial charge in [-0.2, -0.15) is 0 Å². The Morgan fingerprint density at radius 1 is 1.07 bits per heavy atom. The number of hydrogen-bond acceptors (Lipinski definition) is 6. The Hall–Kier alpha value is -2.86. The lowest BCUT2D eigenvalue weighted by molar-refractivity contribution is 0.0467. The zero-order valence-electron chi connectivity index (χ0n) is 15.7. The number of nitrogens with zero attached hydrogens (tertiary/aromatic N) is 1. The molecule has 0 fully saturated rings. The van der Waals surface area contributed by atoms with Crippen molar-refractivity contribution in [3.63, 3.8) is 0 Å². The van der Waals surface area contributed by atoms with Crippen LogP contribution in [0.1, 0.15) is 27.2 Å². The number of rotatable bonds is 6. The minimum atomic E-state index is -0.336. The van der Waals surface area contributed by atoms with E-state index in [1.165, 1.54) is 11.3 Å². The molecule has 0 saturated carbocycles. The lowest BCUT2D eigenvalue weighted by Gasteiger charge is -2.08. The van der Waals surface area contributed by atoms with Crippen LogP contribution in [-0.4, -0.2) is 25.2 Å². The van der Waals surface area contributed by atoms with Crippen LogP contribution in [0.15, 0.2) is 41.8 Å². The van der Waals surface area contributed by atoms with Gasteiger partial charge < -0.3 is 14.2 Å². The number of aryl methyl sites for hydroxylation is 1. The van der Waals surface area contributed by atoms with Gasteiger partial charge in [-0.05, 0) is 49.2 Å². The second-order valence-electron chi connectivity index (χ2n) is 6.04. The van der Waals surface area contributed by atoms with Crippen molar-refractivity contribution in [3.05, 3.63) is 64.2 Å². The molecule has 27 heavy (non-hydrogen) atoms. The number of carbonyl (C=O) groups is 1. The Balaban J connectivity index is 1.71. The van der Waals surface area contributed by atoms with E-state index >= 15 is 0 Å². The summed E-state index contributed by atoms with van der Waals surface area (Å²) in [6, 6.07) is 11.3. The van der Waals surface area contributed by atoms with Gasteiger partial charge in [0, 0.05) is 10.9 Å². The molecule has 0 aliphatic heterocycles. The molecule has 1 aromatic heterocycles. The largest absolute Gasteiger partial charge is 0.493 e. The van der Waals surface area contributed by atoms with E-state index in [4.69, 9.17) is 14.2 Å². The highest BCUT2D eigenvalue weighted by atomic mass is 32.1. The molecule has 0 spiro atoms. The quantitative estimate of drug-likeness (QED) is 0.572. The summed E-state index contributed by atoms with van der Waals surface area (Å²) in [6.45, 7) is 4.03. The van der Waals surface area contributed by atoms with Crippen LogP contribution in [0.2, 0.25) is 0 Å². The van der Waals surface area contributed by atoms with E-state index in [1.54, 1.807) is 20.3 Å². The molecule has 2 aromatic carbocycles. The topological polar surface area (TPSA) is 57.7 Å². The minimum Gasteiger partial charge on any atom is -0.493 e. The molecule has 0 atom stereocenters. The van der Waals surface area contributed by atoms with E-state index in [0.29, 0.717) is 22.8 Å². The van der Waals surface area contributed by atoms with Gasteiger partial charge in [0.05, 0.1) is 25.5 Å². The summed E-state index contributed by atoms with van der Waals surface area (Å²) in [5.74, 6) is 0.977. The SMILES string of the molecule is COc1ccc(-c2nc(COC(=O)c3cccc(C)c3C)cs2)cc1OC. The van der Waals surface area contributed by atoms with Crippen molar-refractivity contribution in [3.8, 4) is 22.1 Å². The van der Waals surface area contributed by atoms with Crippen LogP contribution in [0.5, 0.6) is 11.5 Å². The third-order valence-electron chi connectivity index (χ3n) is 4.36. The molecule has 140 valence electrons. The van der Waals surface area contributed by atoms with Gasteiger partial charge in [0.2, 0.25) is 0 Å². The first-order valence-electron chi connectivity index (χ1n) is 8.43. The molecule has 0 radical (unpaired) electrons. The van der Waals surface area contributed by atoms with Gasteiger partial charge in [-0.3, -0.25) is 0 Å². The molecule has 0 saturated heterocycles. The number of methoxy groups -OCH3 is 2. The third-order valence-corrected chi connectivity index (χ3v) is 5.30. The smallest absolute Gasteiger partial charge is 0.338 e. The highest BCUT2D eigenvalue weighted by molar-refractivity contribution is 7.13. The fraction of sp³-hybridized carbons (Fsp3) is 0.238. The number of aromatic nitrogens is 1. The van der Waals surface area contributed by atoms with Gasteiger partial charge >= 0.3 is 5.97 Å². The molecule has 0 unspecified atom stereocenters. The van der Waals surface area contributed by atoms with Gasteiger partial charge in [-0.15, -0.1) is 11.3 Å². The Labute approximate surface area is 162 Å². The molecule has 1 heterocycles. The zero-order valence-corrected chi connectivity index (χ0v) is 16.6. The predicted molar refractivity (Wildman–Crippen MR) is 106 cm³/mol. The fourth-order valence-corrected chi connectivity index (χ4v) is 3.47. The summed E-state index contributed by atoms with van der Waals surface area (Å²) in [5.41, 5.74) is 4.22. The summed E-state index contributed by atoms with van der Waals surface area (Å²) < 4.78 is 16.0. The number of benzene rings is 2. The van der Waals surface area contributed by atoms with Crippen LogP contribution < -0.4 is 9.47 Å². The standard InChI is InChI=1S/C21H21NO4S/c1-13-6-5-7-17(14(13)2)21(23)26-11-16-12-27-20(22-16)15-8-9-18(24-3)19(10-15)25-4/h5-10,12H,11H2,1-4H3. The second-order valence-corrected chi connectivity index (χ2v) is 6.90. The molecule has 0 N–H and O–H groups in total. The van der Waals surface area contributed by atoms with Crippen LogP contribution in [0.4, 0.5) is 0 Å². The molecule has 0 bridgehead atoms. The fourth-order valence-electron chi connectivity index (χ4n) is 2.66. The Morgan fingerprint density at radius 3 is 2.59 bits per heavy atom. The number of hydrogen-bond donors (Lipinski definition) is 0. The van der Waals surface area contributed by atoms with Gasteiger partial charge in [0.25, 0.3) is 0 Å². The first kappa shape index (κ1) is 18.9. The summed E-state index contributed by atoms with van der Waals surface area (Å²) in [7, 11) is 3.20. The average molecular weight is 383 g/mol. The van der Waals surface area contributed by atoms with Crippen molar-refractivity contribution < 1.29 is 19.0 Å². The van der Waals surface area contributed by atoms with Crippen molar-refractivity contribution in [2.45, 2.75) is 20.5 Å². The molecule has 0 aliphatic carbocycles. The lowest BCUT2D eigenvalue weighted by atomic mass is 10.0. The monoisotopic (exact) mass is 383 g/mol. The Bertz CT molecular complexity index is 965. The molecule has 0 aliphatic rings. The maximum atomic E-state index is 12.3. The normalized spacial score (nSPS) is 10.5. The van der Waals surface area contributed by atoms with E-state index in [2.05, 4.69) is 4.98 Å². The average Bonchev–Trinajstić information content (AvgIpc) is 3.16.